The maximum atomic E-state index is 11.0. The van der Waals surface area contributed by atoms with E-state index in [-0.39, 0.29) is 5.56 Å². The van der Waals surface area contributed by atoms with Crippen LogP contribution in [0.25, 0.3) is 33.5 Å². The van der Waals surface area contributed by atoms with Gasteiger partial charge in [0.2, 0.25) is 0 Å². The second-order valence-corrected chi connectivity index (χ2v) is 5.32. The number of aromatic carboxylic acids is 1. The van der Waals surface area contributed by atoms with Gasteiger partial charge in [0.05, 0.1) is 22.1 Å². The van der Waals surface area contributed by atoms with Gasteiger partial charge in [-0.1, -0.05) is 11.6 Å². The van der Waals surface area contributed by atoms with Gasteiger partial charge < -0.3 is 10.1 Å². The Bertz CT molecular complexity index is 1030. The van der Waals surface area contributed by atoms with Crippen LogP contribution in [0.15, 0.2) is 36.4 Å². The van der Waals surface area contributed by atoms with Crippen molar-refractivity contribution in [3.05, 3.63) is 47.0 Å². The molecule has 0 spiro atoms. The fourth-order valence-corrected chi connectivity index (χ4v) is 2.60. The highest BCUT2D eigenvalue weighted by molar-refractivity contribution is 6.31. The molecule has 0 aliphatic carbocycles. The molecule has 0 aliphatic heterocycles. The quantitative estimate of drug-likeness (QED) is 0.528. The molecule has 0 aliphatic rings. The van der Waals surface area contributed by atoms with Crippen molar-refractivity contribution in [2.75, 3.05) is 0 Å². The lowest BCUT2D eigenvalue weighted by Crippen LogP contribution is -1.94. The number of aromatic nitrogens is 4. The first-order valence-corrected chi connectivity index (χ1v) is 6.87. The van der Waals surface area contributed by atoms with E-state index in [2.05, 4.69) is 20.2 Å². The minimum atomic E-state index is -0.976. The van der Waals surface area contributed by atoms with E-state index in [9.17, 15) is 4.79 Å². The van der Waals surface area contributed by atoms with Crippen molar-refractivity contribution in [2.24, 2.45) is 0 Å². The summed E-state index contributed by atoms with van der Waals surface area (Å²) < 4.78 is 0. The van der Waals surface area contributed by atoms with Crippen LogP contribution in [0.1, 0.15) is 10.4 Å². The summed E-state index contributed by atoms with van der Waals surface area (Å²) in [5.74, 6) is -0.372. The van der Waals surface area contributed by atoms with E-state index in [4.69, 9.17) is 16.7 Å². The average molecular weight is 313 g/mol. The number of fused-ring (bicyclic) bond motifs is 2. The van der Waals surface area contributed by atoms with Crippen molar-refractivity contribution in [1.29, 1.82) is 0 Å². The smallest absolute Gasteiger partial charge is 0.335 e. The maximum absolute atomic E-state index is 11.0. The summed E-state index contributed by atoms with van der Waals surface area (Å²) in [6, 6.07) is 10.2. The van der Waals surface area contributed by atoms with E-state index in [1.807, 2.05) is 6.07 Å². The number of nitrogens with zero attached hydrogens (tertiary/aromatic N) is 2. The summed E-state index contributed by atoms with van der Waals surface area (Å²) in [5.41, 5.74) is 3.10. The molecule has 6 nitrogen and oxygen atoms in total. The highest BCUT2D eigenvalue weighted by Crippen LogP contribution is 2.27. The van der Waals surface area contributed by atoms with Gasteiger partial charge in [0.25, 0.3) is 0 Å². The van der Waals surface area contributed by atoms with Gasteiger partial charge in [-0.15, -0.1) is 0 Å². The Kier molecular flexibility index (Phi) is 2.67. The molecular weight excluding hydrogens is 304 g/mol. The van der Waals surface area contributed by atoms with E-state index < -0.39 is 5.97 Å². The molecule has 0 radical (unpaired) electrons. The molecule has 2 aromatic heterocycles. The summed E-state index contributed by atoms with van der Waals surface area (Å²) in [4.78, 5) is 18.7. The van der Waals surface area contributed by atoms with E-state index in [1.165, 1.54) is 0 Å². The number of hydrogen-bond acceptors (Lipinski definition) is 3. The molecule has 4 aromatic rings. The van der Waals surface area contributed by atoms with Gasteiger partial charge in [-0.05, 0) is 36.4 Å². The average Bonchev–Trinajstić information content (AvgIpc) is 3.08. The first kappa shape index (κ1) is 12.8. The molecule has 2 heterocycles. The number of carbonyl (C=O) groups is 1. The lowest BCUT2D eigenvalue weighted by Gasteiger charge is -1.95. The zero-order valence-electron chi connectivity index (χ0n) is 11.1. The maximum Gasteiger partial charge on any atom is 0.335 e. The molecule has 2 aromatic carbocycles. The number of halogens is 1. The second-order valence-electron chi connectivity index (χ2n) is 4.88. The molecule has 7 heteroatoms. The summed E-state index contributed by atoms with van der Waals surface area (Å²) in [5, 5.41) is 17.5. The Labute approximate surface area is 128 Å². The molecule has 0 bridgehead atoms. The van der Waals surface area contributed by atoms with Crippen LogP contribution in [0, 0.1) is 0 Å². The molecule has 3 N–H and O–H groups in total. The van der Waals surface area contributed by atoms with Crippen LogP contribution in [0.5, 0.6) is 0 Å². The van der Waals surface area contributed by atoms with Gasteiger partial charge in [0, 0.05) is 10.4 Å². The number of nitrogens with one attached hydrogen (secondary N) is 2. The zero-order chi connectivity index (χ0) is 15.3. The SMILES string of the molecule is O=C(O)c1ccc2c(-c3nc4ccc(Cl)cc4[nH]3)n[nH]c2c1. The van der Waals surface area contributed by atoms with Crippen LogP contribution >= 0.6 is 11.6 Å². The highest BCUT2D eigenvalue weighted by atomic mass is 35.5. The van der Waals surface area contributed by atoms with Gasteiger partial charge in [-0.3, -0.25) is 5.10 Å². The zero-order valence-corrected chi connectivity index (χ0v) is 11.8. The van der Waals surface area contributed by atoms with Crippen molar-refractivity contribution in [2.45, 2.75) is 0 Å². The summed E-state index contributed by atoms with van der Waals surface area (Å²) >= 11 is 5.97. The molecule has 0 atom stereocenters. The summed E-state index contributed by atoms with van der Waals surface area (Å²) in [6.45, 7) is 0. The number of carboxylic acids is 1. The number of benzene rings is 2. The number of rotatable bonds is 2. The van der Waals surface area contributed by atoms with Crippen molar-refractivity contribution in [3.8, 4) is 11.5 Å². The molecule has 0 amide bonds. The van der Waals surface area contributed by atoms with Crippen LogP contribution in [-0.2, 0) is 0 Å². The lowest BCUT2D eigenvalue weighted by atomic mass is 10.1. The Hall–Kier alpha value is -2.86. The molecule has 22 heavy (non-hydrogen) atoms. The van der Waals surface area contributed by atoms with Crippen molar-refractivity contribution >= 4 is 39.5 Å². The minimum Gasteiger partial charge on any atom is -0.478 e. The predicted molar refractivity (Wildman–Crippen MR) is 83.2 cm³/mol. The van der Waals surface area contributed by atoms with E-state index >= 15 is 0 Å². The molecule has 0 saturated heterocycles. The topological polar surface area (TPSA) is 94.7 Å². The van der Waals surface area contributed by atoms with Crippen LogP contribution < -0.4 is 0 Å². The van der Waals surface area contributed by atoms with Gasteiger partial charge in [-0.2, -0.15) is 5.10 Å². The standard InChI is InChI=1S/C15H9ClN4O2/c16-8-2-4-10-12(6-8)18-14(17-10)13-9-3-1-7(15(21)22)5-11(9)19-20-13/h1-6H,(H,17,18)(H,19,20)(H,21,22). The Morgan fingerprint density at radius 3 is 2.82 bits per heavy atom. The number of H-pyrrole nitrogens is 2. The van der Waals surface area contributed by atoms with Crippen molar-refractivity contribution in [1.82, 2.24) is 20.2 Å². The van der Waals surface area contributed by atoms with Crippen LogP contribution in [0.2, 0.25) is 5.02 Å². The molecule has 0 saturated carbocycles. The van der Waals surface area contributed by atoms with Crippen LogP contribution in [0.4, 0.5) is 0 Å². The molecular formula is C15H9ClN4O2. The van der Waals surface area contributed by atoms with Gasteiger partial charge in [0.15, 0.2) is 5.82 Å². The highest BCUT2D eigenvalue weighted by Gasteiger charge is 2.14. The third kappa shape index (κ3) is 1.93. The molecule has 108 valence electrons. The largest absolute Gasteiger partial charge is 0.478 e. The first-order chi connectivity index (χ1) is 10.6. The van der Waals surface area contributed by atoms with Gasteiger partial charge in [0.1, 0.15) is 5.69 Å². The van der Waals surface area contributed by atoms with E-state index in [1.54, 1.807) is 30.3 Å². The van der Waals surface area contributed by atoms with Crippen molar-refractivity contribution in [3.63, 3.8) is 0 Å². The van der Waals surface area contributed by atoms with E-state index in [0.29, 0.717) is 22.1 Å². The predicted octanol–water partition coefficient (Wildman–Crippen LogP) is 3.46. The fraction of sp³-hybridized carbons (Fsp3) is 0. The third-order valence-electron chi connectivity index (χ3n) is 3.48. The minimum absolute atomic E-state index is 0.207. The molecule has 4 rings (SSSR count). The third-order valence-corrected chi connectivity index (χ3v) is 3.71. The van der Waals surface area contributed by atoms with Crippen molar-refractivity contribution < 1.29 is 9.90 Å². The Balaban J connectivity index is 1.90. The van der Waals surface area contributed by atoms with E-state index in [0.717, 1.165) is 16.4 Å². The van der Waals surface area contributed by atoms with Gasteiger partial charge in [-0.25, -0.2) is 9.78 Å². The second kappa shape index (κ2) is 4.57. The van der Waals surface area contributed by atoms with Crippen LogP contribution in [0.3, 0.4) is 0 Å². The fourth-order valence-electron chi connectivity index (χ4n) is 2.43. The number of imidazole rings is 1. The molecule has 0 unspecified atom stereocenters. The number of aromatic amines is 2. The van der Waals surface area contributed by atoms with Gasteiger partial charge >= 0.3 is 5.97 Å². The number of hydrogen-bond donors (Lipinski definition) is 3. The number of carboxylic acid groups (broad SMARTS) is 1. The summed E-state index contributed by atoms with van der Waals surface area (Å²) in [7, 11) is 0. The normalized spacial score (nSPS) is 11.3. The lowest BCUT2D eigenvalue weighted by molar-refractivity contribution is 0.0697. The monoisotopic (exact) mass is 312 g/mol. The first-order valence-electron chi connectivity index (χ1n) is 6.49. The Morgan fingerprint density at radius 1 is 1.14 bits per heavy atom. The van der Waals surface area contributed by atoms with Crippen LogP contribution in [-0.4, -0.2) is 31.2 Å². The molecule has 0 fully saturated rings. The summed E-state index contributed by atoms with van der Waals surface area (Å²) in [6.07, 6.45) is 0. The Morgan fingerprint density at radius 2 is 2.00 bits per heavy atom.